The van der Waals surface area contributed by atoms with Crippen molar-refractivity contribution in [3.05, 3.63) is 48.0 Å². The fraction of sp³-hybridized carbons (Fsp3) is 0.429. The van der Waals surface area contributed by atoms with Crippen molar-refractivity contribution in [1.29, 1.82) is 0 Å². The maximum Gasteiger partial charge on any atom is 0.317 e. The van der Waals surface area contributed by atoms with Crippen LogP contribution in [0.15, 0.2) is 42.5 Å². The molecule has 2 amide bonds. The van der Waals surface area contributed by atoms with Gasteiger partial charge in [-0.1, -0.05) is 42.5 Å². The molecule has 0 bridgehead atoms. The Kier molecular flexibility index (Phi) is 6.10. The first-order valence-corrected chi connectivity index (χ1v) is 9.35. The van der Waals surface area contributed by atoms with Crippen molar-refractivity contribution in [3.8, 4) is 0 Å². The number of esters is 1. The first-order valence-electron chi connectivity index (χ1n) is 9.35. The average molecular weight is 354 g/mol. The predicted octanol–water partition coefficient (Wildman–Crippen LogP) is 3.37. The second-order valence-corrected chi connectivity index (χ2v) is 6.63. The molecule has 1 aliphatic rings. The van der Waals surface area contributed by atoms with Crippen LogP contribution in [0, 0.1) is 5.92 Å². The van der Waals surface area contributed by atoms with Crippen LogP contribution in [0.4, 0.5) is 4.79 Å². The number of piperidine rings is 1. The molecule has 1 saturated heterocycles. The number of nitrogens with zero attached hydrogens (tertiary/aromatic N) is 1. The summed E-state index contributed by atoms with van der Waals surface area (Å²) in [5, 5.41) is 5.46. The lowest BCUT2D eigenvalue weighted by Crippen LogP contribution is -2.46. The summed E-state index contributed by atoms with van der Waals surface area (Å²) in [6.07, 6.45) is 2.15. The molecule has 1 heterocycles. The fourth-order valence-electron chi connectivity index (χ4n) is 3.50. The summed E-state index contributed by atoms with van der Waals surface area (Å²) in [4.78, 5) is 25.9. The van der Waals surface area contributed by atoms with E-state index in [-0.39, 0.29) is 17.9 Å². The van der Waals surface area contributed by atoms with E-state index < -0.39 is 0 Å². The molecule has 1 aliphatic heterocycles. The first-order chi connectivity index (χ1) is 12.7. The number of fused-ring (bicyclic) bond motifs is 1. The molecule has 2 aromatic carbocycles. The molecule has 5 nitrogen and oxygen atoms in total. The van der Waals surface area contributed by atoms with Gasteiger partial charge < -0.3 is 15.0 Å². The second kappa shape index (κ2) is 8.70. The van der Waals surface area contributed by atoms with Crippen LogP contribution < -0.4 is 5.32 Å². The Bertz CT molecular complexity index is 761. The van der Waals surface area contributed by atoms with Crippen molar-refractivity contribution >= 4 is 22.8 Å². The second-order valence-electron chi connectivity index (χ2n) is 6.63. The zero-order chi connectivity index (χ0) is 18.4. The van der Waals surface area contributed by atoms with E-state index in [9.17, 15) is 9.59 Å². The number of amides is 2. The van der Waals surface area contributed by atoms with Gasteiger partial charge in [-0.3, -0.25) is 4.79 Å². The highest BCUT2D eigenvalue weighted by molar-refractivity contribution is 5.85. The molecule has 138 valence electrons. The maximum atomic E-state index is 12.4. The van der Waals surface area contributed by atoms with Gasteiger partial charge in [0.05, 0.1) is 12.5 Å². The van der Waals surface area contributed by atoms with Gasteiger partial charge in [-0.25, -0.2) is 4.79 Å². The standard InChI is InChI=1S/C21H26N2O3/c1-2-26-20(24)18-11-14-23(15-12-18)21(25)22-13-10-17-8-5-7-16-6-3-4-9-19(16)17/h3-9,18H,2,10-15H2,1H3,(H,22,25). The van der Waals surface area contributed by atoms with Gasteiger partial charge in [-0.2, -0.15) is 0 Å². The molecule has 0 spiro atoms. The summed E-state index contributed by atoms with van der Waals surface area (Å²) in [6.45, 7) is 4.03. The Morgan fingerprint density at radius 1 is 1.12 bits per heavy atom. The summed E-state index contributed by atoms with van der Waals surface area (Å²) in [5.41, 5.74) is 1.24. The molecule has 5 heteroatoms. The molecular weight excluding hydrogens is 328 g/mol. The third-order valence-corrected chi connectivity index (χ3v) is 4.95. The van der Waals surface area contributed by atoms with Gasteiger partial charge in [0.1, 0.15) is 0 Å². The molecule has 3 rings (SSSR count). The Hall–Kier alpha value is -2.56. The smallest absolute Gasteiger partial charge is 0.317 e. The van der Waals surface area contributed by atoms with Crippen molar-refractivity contribution in [2.45, 2.75) is 26.2 Å². The van der Waals surface area contributed by atoms with Crippen LogP contribution in [0.2, 0.25) is 0 Å². The Morgan fingerprint density at radius 3 is 2.62 bits per heavy atom. The molecule has 0 atom stereocenters. The molecule has 26 heavy (non-hydrogen) atoms. The highest BCUT2D eigenvalue weighted by Gasteiger charge is 2.27. The molecule has 0 saturated carbocycles. The number of benzene rings is 2. The third kappa shape index (κ3) is 4.34. The van der Waals surface area contributed by atoms with Crippen LogP contribution in [0.1, 0.15) is 25.3 Å². The zero-order valence-electron chi connectivity index (χ0n) is 15.2. The van der Waals surface area contributed by atoms with Gasteiger partial charge in [0.15, 0.2) is 0 Å². The van der Waals surface area contributed by atoms with Crippen LogP contribution in [0.25, 0.3) is 10.8 Å². The van der Waals surface area contributed by atoms with E-state index in [4.69, 9.17) is 4.74 Å². The monoisotopic (exact) mass is 354 g/mol. The number of rotatable bonds is 5. The van der Waals surface area contributed by atoms with E-state index in [0.717, 1.165) is 6.42 Å². The quantitative estimate of drug-likeness (QED) is 0.838. The molecule has 1 fully saturated rings. The molecule has 0 aromatic heterocycles. The topological polar surface area (TPSA) is 58.6 Å². The largest absolute Gasteiger partial charge is 0.466 e. The van der Waals surface area contributed by atoms with Crippen molar-refractivity contribution in [2.24, 2.45) is 5.92 Å². The van der Waals surface area contributed by atoms with Crippen molar-refractivity contribution in [3.63, 3.8) is 0 Å². The van der Waals surface area contributed by atoms with Gasteiger partial charge in [0.25, 0.3) is 0 Å². The molecular formula is C21H26N2O3. The minimum Gasteiger partial charge on any atom is -0.466 e. The summed E-state index contributed by atoms with van der Waals surface area (Å²) < 4.78 is 5.07. The normalized spacial score (nSPS) is 15.0. The van der Waals surface area contributed by atoms with Crippen molar-refractivity contribution < 1.29 is 14.3 Å². The van der Waals surface area contributed by atoms with Gasteiger partial charge in [0.2, 0.25) is 0 Å². The highest BCUT2D eigenvalue weighted by atomic mass is 16.5. The third-order valence-electron chi connectivity index (χ3n) is 4.95. The van der Waals surface area contributed by atoms with E-state index in [1.165, 1.54) is 16.3 Å². The molecule has 0 unspecified atom stereocenters. The number of urea groups is 1. The Morgan fingerprint density at radius 2 is 1.85 bits per heavy atom. The van der Waals surface area contributed by atoms with E-state index in [1.54, 1.807) is 4.90 Å². The van der Waals surface area contributed by atoms with Crippen LogP contribution in [-0.4, -0.2) is 43.1 Å². The van der Waals surface area contributed by atoms with Gasteiger partial charge in [-0.15, -0.1) is 0 Å². The van der Waals surface area contributed by atoms with Crippen LogP contribution in [-0.2, 0) is 16.0 Å². The number of hydrogen-bond donors (Lipinski definition) is 1. The molecule has 1 N–H and O–H groups in total. The minimum absolute atomic E-state index is 0.0486. The Balaban J connectivity index is 1.47. The van der Waals surface area contributed by atoms with E-state index >= 15 is 0 Å². The lowest BCUT2D eigenvalue weighted by atomic mass is 9.97. The van der Waals surface area contributed by atoms with E-state index in [1.807, 2.05) is 19.1 Å². The minimum atomic E-state index is -0.136. The number of ether oxygens (including phenoxy) is 1. The van der Waals surface area contributed by atoms with Crippen molar-refractivity contribution in [1.82, 2.24) is 10.2 Å². The van der Waals surface area contributed by atoms with E-state index in [2.05, 4.69) is 35.6 Å². The average Bonchev–Trinajstić information content (AvgIpc) is 2.68. The summed E-state index contributed by atoms with van der Waals surface area (Å²) in [6, 6.07) is 14.5. The highest BCUT2D eigenvalue weighted by Crippen LogP contribution is 2.20. The SMILES string of the molecule is CCOC(=O)C1CCN(C(=O)NCCc2cccc3ccccc23)CC1. The Labute approximate surface area is 154 Å². The maximum absolute atomic E-state index is 12.4. The van der Waals surface area contributed by atoms with Gasteiger partial charge in [0, 0.05) is 19.6 Å². The molecule has 0 aliphatic carbocycles. The fourth-order valence-corrected chi connectivity index (χ4v) is 3.50. The number of likely N-dealkylation sites (tertiary alicyclic amines) is 1. The number of carbonyl (C=O) groups is 2. The van der Waals surface area contributed by atoms with Gasteiger partial charge in [-0.05, 0) is 42.5 Å². The van der Waals surface area contributed by atoms with Gasteiger partial charge >= 0.3 is 12.0 Å². The summed E-state index contributed by atoms with van der Waals surface area (Å²) in [7, 11) is 0. The summed E-state index contributed by atoms with van der Waals surface area (Å²) >= 11 is 0. The van der Waals surface area contributed by atoms with Crippen molar-refractivity contribution in [2.75, 3.05) is 26.2 Å². The van der Waals surface area contributed by atoms with E-state index in [0.29, 0.717) is 39.1 Å². The lowest BCUT2D eigenvalue weighted by molar-refractivity contribution is -0.149. The predicted molar refractivity (Wildman–Crippen MR) is 102 cm³/mol. The zero-order valence-corrected chi connectivity index (χ0v) is 15.2. The van der Waals surface area contributed by atoms with Crippen LogP contribution in [0.5, 0.6) is 0 Å². The van der Waals surface area contributed by atoms with Crippen LogP contribution >= 0.6 is 0 Å². The number of hydrogen-bond acceptors (Lipinski definition) is 3. The number of nitrogens with one attached hydrogen (secondary N) is 1. The lowest BCUT2D eigenvalue weighted by Gasteiger charge is -2.30. The first kappa shape index (κ1) is 18.2. The molecule has 2 aromatic rings. The molecule has 0 radical (unpaired) electrons. The number of carbonyl (C=O) groups excluding carboxylic acids is 2. The van der Waals surface area contributed by atoms with Crippen LogP contribution in [0.3, 0.4) is 0 Å². The summed E-state index contributed by atoms with van der Waals surface area (Å²) in [5.74, 6) is -0.210.